The molecule has 0 bridgehead atoms. The lowest BCUT2D eigenvalue weighted by Crippen LogP contribution is -2.28. The zero-order valence-corrected chi connectivity index (χ0v) is 23.7. The van der Waals surface area contributed by atoms with Gasteiger partial charge in [-0.2, -0.15) is 0 Å². The molecule has 5 aromatic rings. The minimum absolute atomic E-state index is 0.0245. The first kappa shape index (κ1) is 28.9. The Bertz CT molecular complexity index is 1750. The second-order valence-electron chi connectivity index (χ2n) is 9.86. The molecule has 4 N–H and O–H groups in total. The van der Waals surface area contributed by atoms with Crippen LogP contribution in [0.3, 0.4) is 0 Å². The maximum atomic E-state index is 13.4. The van der Waals surface area contributed by atoms with Crippen LogP contribution in [-0.4, -0.2) is 43.1 Å². The van der Waals surface area contributed by atoms with Gasteiger partial charge >= 0.3 is 0 Å². The number of ether oxygens (including phenoxy) is 2. The van der Waals surface area contributed by atoms with E-state index in [-0.39, 0.29) is 37.0 Å². The van der Waals surface area contributed by atoms with E-state index in [1.54, 1.807) is 18.2 Å². The molecule has 0 saturated carbocycles. The SMILES string of the molecule is NCCCOc1cc2ccccc2cc1C(=O)NCCOc1cc2ccccc2cc1C(=O)Cc1ccc(Cl)cc1O. The van der Waals surface area contributed by atoms with E-state index in [0.29, 0.717) is 52.8 Å². The summed E-state index contributed by atoms with van der Waals surface area (Å²) < 4.78 is 11.9. The third-order valence-corrected chi connectivity index (χ3v) is 7.13. The summed E-state index contributed by atoms with van der Waals surface area (Å²) in [4.78, 5) is 26.6. The lowest BCUT2D eigenvalue weighted by molar-refractivity contribution is 0.0938. The van der Waals surface area contributed by atoms with E-state index >= 15 is 0 Å². The van der Waals surface area contributed by atoms with Crippen molar-refractivity contribution < 1.29 is 24.2 Å². The van der Waals surface area contributed by atoms with Crippen LogP contribution in [0, 0.1) is 0 Å². The van der Waals surface area contributed by atoms with Crippen molar-refractivity contribution in [1.29, 1.82) is 0 Å². The summed E-state index contributed by atoms with van der Waals surface area (Å²) in [6, 6.07) is 27.4. The van der Waals surface area contributed by atoms with Gasteiger partial charge in [0.15, 0.2) is 5.78 Å². The number of hydrogen-bond donors (Lipinski definition) is 3. The number of benzene rings is 5. The number of ketones is 1. The van der Waals surface area contributed by atoms with Gasteiger partial charge in [0.05, 0.1) is 24.3 Å². The topological polar surface area (TPSA) is 111 Å². The Hall–Kier alpha value is -4.59. The van der Waals surface area contributed by atoms with Crippen molar-refractivity contribution in [3.05, 3.63) is 113 Å². The Kier molecular flexibility index (Phi) is 9.21. The van der Waals surface area contributed by atoms with Crippen LogP contribution in [0.2, 0.25) is 5.02 Å². The number of aromatic hydroxyl groups is 1. The van der Waals surface area contributed by atoms with Crippen molar-refractivity contribution in [3.63, 3.8) is 0 Å². The van der Waals surface area contributed by atoms with E-state index in [1.165, 1.54) is 6.07 Å². The van der Waals surface area contributed by atoms with E-state index < -0.39 is 0 Å². The summed E-state index contributed by atoms with van der Waals surface area (Å²) in [6.45, 7) is 1.23. The highest BCUT2D eigenvalue weighted by molar-refractivity contribution is 6.30. The molecule has 42 heavy (non-hydrogen) atoms. The van der Waals surface area contributed by atoms with Crippen LogP contribution >= 0.6 is 11.6 Å². The summed E-state index contributed by atoms with van der Waals surface area (Å²) in [7, 11) is 0. The summed E-state index contributed by atoms with van der Waals surface area (Å²) in [5.41, 5.74) is 6.89. The molecule has 0 aliphatic rings. The Morgan fingerprint density at radius 1 is 0.762 bits per heavy atom. The Morgan fingerprint density at radius 2 is 1.33 bits per heavy atom. The van der Waals surface area contributed by atoms with Crippen molar-refractivity contribution in [2.75, 3.05) is 26.3 Å². The van der Waals surface area contributed by atoms with Gasteiger partial charge in [-0.15, -0.1) is 0 Å². The van der Waals surface area contributed by atoms with E-state index in [9.17, 15) is 14.7 Å². The monoisotopic (exact) mass is 582 g/mol. The number of halogens is 1. The van der Waals surface area contributed by atoms with Crippen LogP contribution in [0.25, 0.3) is 21.5 Å². The van der Waals surface area contributed by atoms with Crippen molar-refractivity contribution in [2.24, 2.45) is 5.73 Å². The molecule has 0 aliphatic heterocycles. The van der Waals surface area contributed by atoms with Crippen LogP contribution < -0.4 is 20.5 Å². The van der Waals surface area contributed by atoms with Gasteiger partial charge < -0.3 is 25.6 Å². The van der Waals surface area contributed by atoms with Crippen molar-refractivity contribution >= 4 is 44.8 Å². The molecule has 0 saturated heterocycles. The average molecular weight is 583 g/mol. The fourth-order valence-corrected chi connectivity index (χ4v) is 4.88. The number of carbonyl (C=O) groups is 2. The number of phenolic OH excluding ortho intramolecular Hbond substituents is 1. The van der Waals surface area contributed by atoms with Gasteiger partial charge in [0.1, 0.15) is 23.9 Å². The van der Waals surface area contributed by atoms with Crippen LogP contribution in [0.4, 0.5) is 0 Å². The number of nitrogens with one attached hydrogen (secondary N) is 1. The van der Waals surface area contributed by atoms with Crippen LogP contribution in [0.5, 0.6) is 17.2 Å². The molecule has 7 nitrogen and oxygen atoms in total. The zero-order valence-electron chi connectivity index (χ0n) is 22.9. The Balaban J connectivity index is 1.31. The van der Waals surface area contributed by atoms with E-state index in [4.69, 9.17) is 26.8 Å². The van der Waals surface area contributed by atoms with Gasteiger partial charge in [0.25, 0.3) is 5.91 Å². The molecule has 0 aliphatic carbocycles. The van der Waals surface area contributed by atoms with Crippen molar-refractivity contribution in [3.8, 4) is 17.2 Å². The third-order valence-electron chi connectivity index (χ3n) is 6.89. The van der Waals surface area contributed by atoms with Crippen LogP contribution in [0.15, 0.2) is 91.0 Å². The molecular formula is C34H31ClN2O5. The maximum absolute atomic E-state index is 13.4. The van der Waals surface area contributed by atoms with Gasteiger partial charge in [-0.25, -0.2) is 0 Å². The predicted octanol–water partition coefficient (Wildman–Crippen LogP) is 6.31. The zero-order chi connectivity index (χ0) is 29.5. The summed E-state index contributed by atoms with van der Waals surface area (Å²) in [6.07, 6.45) is 0.648. The number of amides is 1. The molecule has 0 spiro atoms. The molecule has 5 rings (SSSR count). The van der Waals surface area contributed by atoms with Crippen molar-refractivity contribution in [1.82, 2.24) is 5.32 Å². The fraction of sp³-hybridized carbons (Fsp3) is 0.176. The highest BCUT2D eigenvalue weighted by Crippen LogP contribution is 2.30. The standard InChI is InChI=1S/C34H31ClN2O5/c35-27-11-10-26(30(38)21-27)18-31(39)28-16-22-6-1-3-8-24(22)19-32(28)42-15-13-37-34(40)29-17-23-7-2-4-9-25(23)20-33(29)41-14-5-12-36/h1-4,6-11,16-17,19-21,38H,5,12-15,18,36H2,(H,37,40). The number of nitrogens with two attached hydrogens (primary N) is 1. The average Bonchev–Trinajstić information content (AvgIpc) is 3.00. The number of carbonyl (C=O) groups excluding carboxylic acids is 2. The minimum Gasteiger partial charge on any atom is -0.508 e. The van der Waals surface area contributed by atoms with E-state index in [2.05, 4.69) is 5.32 Å². The fourth-order valence-electron chi connectivity index (χ4n) is 4.71. The predicted molar refractivity (Wildman–Crippen MR) is 166 cm³/mol. The van der Waals surface area contributed by atoms with E-state index in [0.717, 1.165) is 21.5 Å². The summed E-state index contributed by atoms with van der Waals surface area (Å²) in [5.74, 6) is 0.348. The number of hydrogen-bond acceptors (Lipinski definition) is 6. The quantitative estimate of drug-likeness (QED) is 0.117. The first-order valence-electron chi connectivity index (χ1n) is 13.7. The third kappa shape index (κ3) is 6.82. The minimum atomic E-state index is -0.292. The molecule has 0 heterocycles. The molecule has 214 valence electrons. The van der Waals surface area contributed by atoms with Gasteiger partial charge in [-0.3, -0.25) is 9.59 Å². The molecule has 5 aromatic carbocycles. The van der Waals surface area contributed by atoms with Gasteiger partial charge in [-0.1, -0.05) is 66.2 Å². The molecule has 1 amide bonds. The smallest absolute Gasteiger partial charge is 0.255 e. The first-order valence-corrected chi connectivity index (χ1v) is 14.1. The molecule has 8 heteroatoms. The lowest BCUT2D eigenvalue weighted by atomic mass is 9.98. The molecule has 0 aromatic heterocycles. The molecule has 0 radical (unpaired) electrons. The highest BCUT2D eigenvalue weighted by atomic mass is 35.5. The van der Waals surface area contributed by atoms with Crippen LogP contribution in [-0.2, 0) is 6.42 Å². The lowest BCUT2D eigenvalue weighted by Gasteiger charge is -2.15. The van der Waals surface area contributed by atoms with Crippen LogP contribution in [0.1, 0.15) is 32.7 Å². The maximum Gasteiger partial charge on any atom is 0.255 e. The van der Waals surface area contributed by atoms with E-state index in [1.807, 2.05) is 66.7 Å². The molecule has 0 atom stereocenters. The number of Topliss-reactive ketones (excluding diaryl/α,β-unsaturated/α-hetero) is 1. The number of phenols is 1. The second kappa shape index (κ2) is 13.4. The van der Waals surface area contributed by atoms with Gasteiger partial charge in [-0.05, 0) is 70.9 Å². The molecular weight excluding hydrogens is 552 g/mol. The molecule has 0 fully saturated rings. The number of rotatable bonds is 12. The largest absolute Gasteiger partial charge is 0.508 e. The number of fused-ring (bicyclic) bond motifs is 2. The second-order valence-corrected chi connectivity index (χ2v) is 10.3. The first-order chi connectivity index (χ1) is 20.4. The van der Waals surface area contributed by atoms with Gasteiger partial charge in [0, 0.05) is 17.0 Å². The highest BCUT2D eigenvalue weighted by Gasteiger charge is 2.18. The Morgan fingerprint density at radius 3 is 1.95 bits per heavy atom. The van der Waals surface area contributed by atoms with Gasteiger partial charge in [0.2, 0.25) is 0 Å². The summed E-state index contributed by atoms with van der Waals surface area (Å²) in [5, 5.41) is 17.3. The Labute approximate surface area is 248 Å². The molecule has 0 unspecified atom stereocenters. The normalized spacial score (nSPS) is 11.0. The van der Waals surface area contributed by atoms with Crippen molar-refractivity contribution in [2.45, 2.75) is 12.8 Å². The summed E-state index contributed by atoms with van der Waals surface area (Å²) >= 11 is 5.95.